The molecule has 1 amide bonds. The number of hydrogen-bond acceptors (Lipinski definition) is 5. The molecule has 1 heterocycles. The molecule has 4 nitrogen and oxygen atoms in total. The molecule has 0 fully saturated rings. The Bertz CT molecular complexity index is 679. The normalized spacial score (nSPS) is 10.8. The Morgan fingerprint density at radius 2 is 2.08 bits per heavy atom. The Morgan fingerprint density at radius 3 is 2.83 bits per heavy atom. The van der Waals surface area contributed by atoms with E-state index in [9.17, 15) is 4.79 Å². The molecule has 0 aliphatic heterocycles. The summed E-state index contributed by atoms with van der Waals surface area (Å²) in [6.07, 6.45) is 4.40. The third kappa shape index (κ3) is 6.59. The van der Waals surface area contributed by atoms with Crippen LogP contribution < -0.4 is 5.32 Å². The number of carbonyl (C=O) groups is 1. The standard InChI is InChI=1S/C16H19Cl2N3OS2/c1-2-3-4-5-15-20-21-16(24-15)19-14(22)10-23-9-11-6-7-12(17)13(18)8-11/h6-8H,2-5,9-10H2,1H3,(H,19,21,22). The zero-order valence-electron chi connectivity index (χ0n) is 13.3. The molecule has 2 aromatic rings. The van der Waals surface area contributed by atoms with E-state index in [4.69, 9.17) is 23.2 Å². The summed E-state index contributed by atoms with van der Waals surface area (Å²) in [5.41, 5.74) is 1.04. The number of unbranched alkanes of at least 4 members (excludes halogenated alkanes) is 2. The van der Waals surface area contributed by atoms with Crippen LogP contribution in [0.4, 0.5) is 5.13 Å². The summed E-state index contributed by atoms with van der Waals surface area (Å²) in [5.74, 6) is 0.976. The molecular formula is C16H19Cl2N3OS2. The van der Waals surface area contributed by atoms with Crippen molar-refractivity contribution >= 4 is 57.3 Å². The third-order valence-electron chi connectivity index (χ3n) is 3.19. The molecule has 0 unspecified atom stereocenters. The first-order valence-corrected chi connectivity index (χ1v) is 10.4. The number of nitrogens with zero attached hydrogens (tertiary/aromatic N) is 2. The second-order valence-corrected chi connectivity index (χ2v) is 8.11. The van der Waals surface area contributed by atoms with Crippen molar-refractivity contribution in [2.45, 2.75) is 38.4 Å². The molecule has 0 saturated heterocycles. The van der Waals surface area contributed by atoms with Gasteiger partial charge in [0, 0.05) is 12.2 Å². The Kier molecular flexibility index (Phi) is 8.32. The van der Waals surface area contributed by atoms with Gasteiger partial charge >= 0.3 is 0 Å². The highest BCUT2D eigenvalue weighted by molar-refractivity contribution is 7.99. The summed E-state index contributed by atoms with van der Waals surface area (Å²) in [5, 5.41) is 13.5. The molecule has 130 valence electrons. The summed E-state index contributed by atoms with van der Waals surface area (Å²) in [4.78, 5) is 12.0. The lowest BCUT2D eigenvalue weighted by Crippen LogP contribution is -2.13. The predicted octanol–water partition coefficient (Wildman–Crippen LogP) is 5.45. The molecule has 0 bridgehead atoms. The Morgan fingerprint density at radius 1 is 1.25 bits per heavy atom. The number of carbonyl (C=O) groups excluding carboxylic acids is 1. The molecule has 0 atom stereocenters. The van der Waals surface area contributed by atoms with Crippen molar-refractivity contribution in [3.05, 3.63) is 38.8 Å². The van der Waals surface area contributed by atoms with Crippen molar-refractivity contribution in [3.63, 3.8) is 0 Å². The summed E-state index contributed by atoms with van der Waals surface area (Å²) in [6.45, 7) is 2.17. The molecule has 0 spiro atoms. The fourth-order valence-electron chi connectivity index (χ4n) is 1.98. The van der Waals surface area contributed by atoms with Crippen LogP contribution in [-0.4, -0.2) is 21.9 Å². The van der Waals surface area contributed by atoms with E-state index in [2.05, 4.69) is 22.4 Å². The van der Waals surface area contributed by atoms with Crippen molar-refractivity contribution in [2.24, 2.45) is 0 Å². The summed E-state index contributed by atoms with van der Waals surface area (Å²) in [6, 6.07) is 5.50. The number of amides is 1. The van der Waals surface area contributed by atoms with Crippen LogP contribution in [0.5, 0.6) is 0 Å². The molecular weight excluding hydrogens is 385 g/mol. The fraction of sp³-hybridized carbons (Fsp3) is 0.438. The highest BCUT2D eigenvalue weighted by Crippen LogP contribution is 2.25. The number of rotatable bonds is 9. The lowest BCUT2D eigenvalue weighted by Gasteiger charge is -2.03. The fourth-order valence-corrected chi connectivity index (χ4v) is 3.87. The molecule has 2 rings (SSSR count). The van der Waals surface area contributed by atoms with Gasteiger partial charge in [0.05, 0.1) is 15.8 Å². The van der Waals surface area contributed by atoms with Gasteiger partial charge in [0.15, 0.2) is 0 Å². The molecule has 0 saturated carbocycles. The lowest BCUT2D eigenvalue weighted by atomic mass is 10.2. The minimum absolute atomic E-state index is 0.0729. The van der Waals surface area contributed by atoms with Crippen LogP contribution in [0, 0.1) is 0 Å². The van der Waals surface area contributed by atoms with E-state index < -0.39 is 0 Å². The van der Waals surface area contributed by atoms with Crippen molar-refractivity contribution in [3.8, 4) is 0 Å². The average molecular weight is 404 g/mol. The second-order valence-electron chi connectivity index (χ2n) is 5.25. The van der Waals surface area contributed by atoms with E-state index in [-0.39, 0.29) is 5.91 Å². The summed E-state index contributed by atoms with van der Waals surface area (Å²) in [7, 11) is 0. The molecule has 0 aliphatic carbocycles. The predicted molar refractivity (Wildman–Crippen MR) is 104 cm³/mol. The van der Waals surface area contributed by atoms with Gasteiger partial charge in [-0.05, 0) is 24.1 Å². The van der Waals surface area contributed by atoms with Gasteiger partial charge in [0.2, 0.25) is 11.0 Å². The van der Waals surface area contributed by atoms with Crippen LogP contribution in [0.1, 0.15) is 36.8 Å². The minimum Gasteiger partial charge on any atom is -0.300 e. The van der Waals surface area contributed by atoms with E-state index in [1.165, 1.54) is 35.9 Å². The minimum atomic E-state index is -0.0729. The van der Waals surface area contributed by atoms with E-state index >= 15 is 0 Å². The smallest absolute Gasteiger partial charge is 0.236 e. The first-order chi connectivity index (χ1) is 11.6. The number of nitrogens with one attached hydrogen (secondary N) is 1. The van der Waals surface area contributed by atoms with Gasteiger partial charge in [-0.25, -0.2) is 0 Å². The van der Waals surface area contributed by atoms with Crippen molar-refractivity contribution in [1.29, 1.82) is 0 Å². The Balaban J connectivity index is 1.72. The van der Waals surface area contributed by atoms with E-state index in [0.717, 1.165) is 23.4 Å². The Hall–Kier alpha value is -0.820. The number of benzene rings is 1. The van der Waals surface area contributed by atoms with Crippen molar-refractivity contribution in [2.75, 3.05) is 11.1 Å². The van der Waals surface area contributed by atoms with Crippen LogP contribution in [0.15, 0.2) is 18.2 Å². The van der Waals surface area contributed by atoms with E-state index in [0.29, 0.717) is 26.7 Å². The van der Waals surface area contributed by atoms with Crippen molar-refractivity contribution < 1.29 is 4.79 Å². The molecule has 0 radical (unpaired) electrons. The average Bonchev–Trinajstić information content (AvgIpc) is 2.98. The SMILES string of the molecule is CCCCCc1nnc(NC(=O)CSCc2ccc(Cl)c(Cl)c2)s1. The third-order valence-corrected chi connectivity index (χ3v) is 5.83. The molecule has 8 heteroatoms. The van der Waals surface area contributed by atoms with Gasteiger partial charge in [-0.1, -0.05) is 60.4 Å². The first kappa shape index (κ1) is 19.5. The second kappa shape index (κ2) is 10.2. The van der Waals surface area contributed by atoms with Crippen LogP contribution in [0.25, 0.3) is 0 Å². The van der Waals surface area contributed by atoms with Crippen LogP contribution in [-0.2, 0) is 17.0 Å². The number of aryl methyl sites for hydroxylation is 1. The maximum Gasteiger partial charge on any atom is 0.236 e. The van der Waals surface area contributed by atoms with E-state index in [1.54, 1.807) is 6.07 Å². The lowest BCUT2D eigenvalue weighted by molar-refractivity contribution is -0.113. The summed E-state index contributed by atoms with van der Waals surface area (Å²) >= 11 is 14.8. The highest BCUT2D eigenvalue weighted by atomic mass is 35.5. The van der Waals surface area contributed by atoms with E-state index in [1.807, 2.05) is 12.1 Å². The maximum atomic E-state index is 12.0. The van der Waals surface area contributed by atoms with Gasteiger partial charge < -0.3 is 0 Å². The van der Waals surface area contributed by atoms with Crippen LogP contribution in [0.2, 0.25) is 10.0 Å². The van der Waals surface area contributed by atoms with Gasteiger partial charge in [-0.3, -0.25) is 10.1 Å². The van der Waals surface area contributed by atoms with Gasteiger partial charge in [0.25, 0.3) is 0 Å². The first-order valence-electron chi connectivity index (χ1n) is 7.72. The highest BCUT2D eigenvalue weighted by Gasteiger charge is 2.09. The van der Waals surface area contributed by atoms with Crippen LogP contribution >= 0.6 is 46.3 Å². The van der Waals surface area contributed by atoms with Crippen molar-refractivity contribution in [1.82, 2.24) is 10.2 Å². The summed E-state index contributed by atoms with van der Waals surface area (Å²) < 4.78 is 0. The molecule has 1 aromatic heterocycles. The molecule has 1 aromatic carbocycles. The quantitative estimate of drug-likeness (QED) is 0.565. The Labute approximate surface area is 160 Å². The topological polar surface area (TPSA) is 54.9 Å². The maximum absolute atomic E-state index is 12.0. The number of halogens is 2. The van der Waals surface area contributed by atoms with Crippen LogP contribution in [0.3, 0.4) is 0 Å². The number of thioether (sulfide) groups is 1. The monoisotopic (exact) mass is 403 g/mol. The largest absolute Gasteiger partial charge is 0.300 e. The molecule has 0 aliphatic rings. The number of aromatic nitrogens is 2. The molecule has 1 N–H and O–H groups in total. The zero-order chi connectivity index (χ0) is 17.4. The van der Waals surface area contributed by atoms with Gasteiger partial charge in [-0.2, -0.15) is 0 Å². The number of hydrogen-bond donors (Lipinski definition) is 1. The van der Waals surface area contributed by atoms with Gasteiger partial charge in [0.1, 0.15) is 5.01 Å². The molecule has 24 heavy (non-hydrogen) atoms. The zero-order valence-corrected chi connectivity index (χ0v) is 16.5. The van der Waals surface area contributed by atoms with Gasteiger partial charge in [-0.15, -0.1) is 22.0 Å². The number of anilines is 1.